The van der Waals surface area contributed by atoms with E-state index in [1.807, 2.05) is 6.92 Å². The van der Waals surface area contributed by atoms with Crippen LogP contribution < -0.4 is 9.62 Å². The number of carbonyl (C=O) groups is 1. The Labute approximate surface area is 136 Å². The molecule has 6 heteroatoms. The SMILES string of the molecule is C=CC.O=COCCCCCCOc1ccc(OOCl)cc1. The number of hydrogen-bond donors (Lipinski definition) is 0. The van der Waals surface area contributed by atoms with Gasteiger partial charge < -0.3 is 14.4 Å². The molecule has 0 amide bonds. The predicted octanol–water partition coefficient (Wildman–Crippen LogP) is 4.46. The third-order valence-corrected chi connectivity index (χ3v) is 2.51. The van der Waals surface area contributed by atoms with Gasteiger partial charge in [0.05, 0.1) is 13.2 Å². The molecule has 1 rings (SSSR count). The van der Waals surface area contributed by atoms with Crippen LogP contribution in [-0.4, -0.2) is 19.7 Å². The largest absolute Gasteiger partial charge is 0.494 e. The van der Waals surface area contributed by atoms with Gasteiger partial charge in [-0.3, -0.25) is 4.79 Å². The summed E-state index contributed by atoms with van der Waals surface area (Å²) in [5.41, 5.74) is 0. The van der Waals surface area contributed by atoms with Gasteiger partial charge in [0.1, 0.15) is 17.6 Å². The molecule has 0 aromatic heterocycles. The lowest BCUT2D eigenvalue weighted by Crippen LogP contribution is -1.98. The Balaban J connectivity index is 0.00000135. The van der Waals surface area contributed by atoms with Gasteiger partial charge in [-0.15, -0.1) is 6.58 Å². The van der Waals surface area contributed by atoms with Crippen LogP contribution in [0.25, 0.3) is 0 Å². The topological polar surface area (TPSA) is 54.0 Å². The smallest absolute Gasteiger partial charge is 0.293 e. The maximum absolute atomic E-state index is 9.90. The van der Waals surface area contributed by atoms with Gasteiger partial charge in [-0.1, -0.05) is 10.5 Å². The second kappa shape index (κ2) is 15.7. The Kier molecular flexibility index (Phi) is 14.4. The molecule has 0 atom stereocenters. The van der Waals surface area contributed by atoms with Gasteiger partial charge in [0.2, 0.25) is 0 Å². The number of allylic oxidation sites excluding steroid dienone is 1. The van der Waals surface area contributed by atoms with Crippen LogP contribution in [-0.2, 0) is 14.0 Å². The molecule has 1 aromatic rings. The summed E-state index contributed by atoms with van der Waals surface area (Å²) in [6, 6.07) is 6.97. The third-order valence-electron chi connectivity index (χ3n) is 2.44. The summed E-state index contributed by atoms with van der Waals surface area (Å²) in [6.07, 6.45) is 5.67. The van der Waals surface area contributed by atoms with Crippen LogP contribution in [0.5, 0.6) is 11.5 Å². The van der Waals surface area contributed by atoms with Crippen LogP contribution in [0.1, 0.15) is 32.6 Å². The summed E-state index contributed by atoms with van der Waals surface area (Å²) >= 11 is 4.96. The van der Waals surface area contributed by atoms with E-state index in [1.54, 1.807) is 30.3 Å². The quantitative estimate of drug-likeness (QED) is 0.197. The van der Waals surface area contributed by atoms with Crippen LogP contribution in [0.3, 0.4) is 0 Å². The van der Waals surface area contributed by atoms with Crippen molar-refractivity contribution in [3.05, 3.63) is 36.9 Å². The minimum atomic E-state index is 0.478. The van der Waals surface area contributed by atoms with E-state index in [-0.39, 0.29) is 0 Å². The summed E-state index contributed by atoms with van der Waals surface area (Å²) in [5, 5.41) is 0. The Morgan fingerprint density at radius 2 is 1.59 bits per heavy atom. The lowest BCUT2D eigenvalue weighted by molar-refractivity contribution is -0.128. The highest BCUT2D eigenvalue weighted by Gasteiger charge is 1.97. The Morgan fingerprint density at radius 1 is 1.05 bits per heavy atom. The van der Waals surface area contributed by atoms with Crippen molar-refractivity contribution >= 4 is 18.3 Å². The fourth-order valence-corrected chi connectivity index (χ4v) is 1.58. The molecule has 0 N–H and O–H groups in total. The van der Waals surface area contributed by atoms with Crippen molar-refractivity contribution in [1.29, 1.82) is 0 Å². The van der Waals surface area contributed by atoms with Crippen LogP contribution in [0.15, 0.2) is 36.9 Å². The van der Waals surface area contributed by atoms with Crippen molar-refractivity contribution in [3.63, 3.8) is 0 Å². The molecule has 0 heterocycles. The van der Waals surface area contributed by atoms with Crippen LogP contribution in [0, 0.1) is 0 Å². The molecule has 0 radical (unpaired) electrons. The predicted molar refractivity (Wildman–Crippen MR) is 85.9 cm³/mol. The molecular weight excluding hydrogens is 308 g/mol. The summed E-state index contributed by atoms with van der Waals surface area (Å²) in [7, 11) is 0. The zero-order valence-corrected chi connectivity index (χ0v) is 13.6. The Hall–Kier alpha value is -1.72. The third kappa shape index (κ3) is 12.1. The van der Waals surface area contributed by atoms with Crippen molar-refractivity contribution in [3.8, 4) is 11.5 Å². The molecule has 0 saturated carbocycles. The molecule has 0 aliphatic heterocycles. The van der Waals surface area contributed by atoms with E-state index >= 15 is 0 Å². The zero-order chi connectivity index (χ0) is 16.5. The first-order valence-electron chi connectivity index (χ1n) is 7.08. The summed E-state index contributed by atoms with van der Waals surface area (Å²) in [4.78, 5) is 14.5. The fourth-order valence-electron chi connectivity index (χ4n) is 1.51. The molecule has 124 valence electrons. The molecule has 0 spiro atoms. The molecule has 0 unspecified atom stereocenters. The van der Waals surface area contributed by atoms with E-state index in [1.165, 1.54) is 0 Å². The van der Waals surface area contributed by atoms with Gasteiger partial charge in [-0.05, 0) is 56.9 Å². The average molecular weight is 331 g/mol. The van der Waals surface area contributed by atoms with Gasteiger partial charge in [0.25, 0.3) is 6.47 Å². The number of halogens is 1. The summed E-state index contributed by atoms with van der Waals surface area (Å²) in [5.74, 6) is 1.28. The molecule has 0 aliphatic carbocycles. The number of hydrogen-bond acceptors (Lipinski definition) is 5. The van der Waals surface area contributed by atoms with Crippen molar-refractivity contribution in [2.75, 3.05) is 13.2 Å². The van der Waals surface area contributed by atoms with Crippen LogP contribution in [0.4, 0.5) is 0 Å². The summed E-state index contributed by atoms with van der Waals surface area (Å²) < 4.78 is 14.2. The van der Waals surface area contributed by atoms with E-state index in [9.17, 15) is 4.79 Å². The molecule has 0 saturated heterocycles. The minimum Gasteiger partial charge on any atom is -0.494 e. The van der Waals surface area contributed by atoms with E-state index in [0.29, 0.717) is 25.4 Å². The van der Waals surface area contributed by atoms with E-state index in [4.69, 9.17) is 16.6 Å². The summed E-state index contributed by atoms with van der Waals surface area (Å²) in [6.45, 7) is 6.88. The molecule has 1 aromatic carbocycles. The molecule has 0 bridgehead atoms. The number of unbranched alkanes of at least 4 members (excludes halogenated alkanes) is 3. The second-order valence-corrected chi connectivity index (χ2v) is 4.38. The number of benzene rings is 1. The van der Waals surface area contributed by atoms with Crippen molar-refractivity contribution in [2.24, 2.45) is 0 Å². The van der Waals surface area contributed by atoms with E-state index < -0.39 is 0 Å². The maximum atomic E-state index is 9.90. The maximum Gasteiger partial charge on any atom is 0.293 e. The van der Waals surface area contributed by atoms with Gasteiger partial charge in [-0.25, -0.2) is 0 Å². The first-order chi connectivity index (χ1) is 10.8. The Bertz CT molecular complexity index is 381. The van der Waals surface area contributed by atoms with Gasteiger partial charge in [-0.2, -0.15) is 0 Å². The highest BCUT2D eigenvalue weighted by molar-refractivity contribution is 6.06. The van der Waals surface area contributed by atoms with Gasteiger partial charge >= 0.3 is 0 Å². The van der Waals surface area contributed by atoms with Crippen LogP contribution >= 0.6 is 11.9 Å². The molecule has 5 nitrogen and oxygen atoms in total. The van der Waals surface area contributed by atoms with Crippen molar-refractivity contribution in [1.82, 2.24) is 0 Å². The first kappa shape index (κ1) is 20.3. The monoisotopic (exact) mass is 330 g/mol. The number of ether oxygens (including phenoxy) is 2. The average Bonchev–Trinajstić information content (AvgIpc) is 2.53. The first-order valence-corrected chi connectivity index (χ1v) is 7.39. The zero-order valence-electron chi connectivity index (χ0n) is 12.8. The minimum absolute atomic E-state index is 0.478. The number of rotatable bonds is 11. The lowest BCUT2D eigenvalue weighted by atomic mass is 10.2. The Morgan fingerprint density at radius 3 is 2.14 bits per heavy atom. The van der Waals surface area contributed by atoms with Gasteiger partial charge in [0.15, 0.2) is 5.75 Å². The van der Waals surface area contributed by atoms with Gasteiger partial charge in [0, 0.05) is 0 Å². The number of carbonyl (C=O) groups excluding carboxylic acids is 1. The van der Waals surface area contributed by atoms with Crippen molar-refractivity contribution in [2.45, 2.75) is 32.6 Å². The molecular formula is C16H23ClO5. The molecule has 0 aliphatic rings. The highest BCUT2D eigenvalue weighted by atomic mass is 35.5. The standard InChI is InChI=1S/C13H17ClO5.C3H6/c14-19-18-13-7-5-12(6-8-13)17-10-4-2-1-3-9-16-11-15;1-3-2/h5-8,11H,1-4,9-10H2;3H,1H2,2H3. The van der Waals surface area contributed by atoms with Crippen LogP contribution in [0.2, 0.25) is 0 Å². The highest BCUT2D eigenvalue weighted by Crippen LogP contribution is 2.18. The van der Waals surface area contributed by atoms with E-state index in [0.717, 1.165) is 31.4 Å². The molecule has 0 fully saturated rings. The lowest BCUT2D eigenvalue weighted by Gasteiger charge is -2.06. The molecule has 22 heavy (non-hydrogen) atoms. The normalized spacial score (nSPS) is 9.18. The second-order valence-electron chi connectivity index (χ2n) is 4.26. The fraction of sp³-hybridized carbons (Fsp3) is 0.438. The van der Waals surface area contributed by atoms with Crippen molar-refractivity contribution < 1.29 is 23.6 Å². The van der Waals surface area contributed by atoms with E-state index in [2.05, 4.69) is 20.6 Å².